The molecule has 0 spiro atoms. The van der Waals surface area contributed by atoms with E-state index in [0.29, 0.717) is 17.6 Å². The molecular weight excluding hydrogens is 274 g/mol. The van der Waals surface area contributed by atoms with Gasteiger partial charge in [0.1, 0.15) is 13.1 Å². The average Bonchev–Trinajstić information content (AvgIpc) is 2.49. The first-order valence-corrected chi connectivity index (χ1v) is 7.68. The number of quaternary nitrogens is 1. The van der Waals surface area contributed by atoms with E-state index < -0.39 is 0 Å². The fourth-order valence-electron chi connectivity index (χ4n) is 2.73. The lowest BCUT2D eigenvalue weighted by Crippen LogP contribution is -2.46. The van der Waals surface area contributed by atoms with E-state index in [-0.39, 0.29) is 5.97 Å². The number of esters is 1. The molecule has 2 rings (SSSR count). The Bertz CT molecular complexity index is 539. The Morgan fingerprint density at radius 1 is 0.909 bits per heavy atom. The summed E-state index contributed by atoms with van der Waals surface area (Å²) in [7, 11) is 2.11. The number of ether oxygens (including phenoxy) is 1. The maximum atomic E-state index is 12.0. The van der Waals surface area contributed by atoms with Crippen molar-refractivity contribution in [3.05, 3.63) is 71.8 Å². The van der Waals surface area contributed by atoms with Crippen molar-refractivity contribution in [3.63, 3.8) is 0 Å². The summed E-state index contributed by atoms with van der Waals surface area (Å²) < 4.78 is 5.76. The van der Waals surface area contributed by atoms with Crippen LogP contribution < -0.4 is 0 Å². The Balaban J connectivity index is 2.17. The van der Waals surface area contributed by atoms with Crippen molar-refractivity contribution in [2.75, 3.05) is 20.2 Å². The van der Waals surface area contributed by atoms with Crippen LogP contribution in [0, 0.1) is 0 Å². The molecule has 0 heterocycles. The molecule has 0 amide bonds. The molecule has 0 radical (unpaired) electrons. The van der Waals surface area contributed by atoms with Gasteiger partial charge in [0.2, 0.25) is 0 Å². The van der Waals surface area contributed by atoms with E-state index >= 15 is 0 Å². The molecule has 0 fully saturated rings. The number of hydrogen-bond donors (Lipinski definition) is 0. The van der Waals surface area contributed by atoms with Crippen LogP contribution in [0.2, 0.25) is 0 Å². The fourth-order valence-corrected chi connectivity index (χ4v) is 2.73. The lowest BCUT2D eigenvalue weighted by molar-refractivity contribution is -0.928. The standard InChI is InChI=1S/C19H24NO2/c1-3-22-19(21)16-20(2,14-17-10-6-4-7-11-17)15-18-12-8-5-9-13-18/h4-13H,3,14-16H2,1-2H3/q+1. The van der Waals surface area contributed by atoms with Crippen molar-refractivity contribution in [1.82, 2.24) is 0 Å². The van der Waals surface area contributed by atoms with E-state index in [1.807, 2.05) is 43.3 Å². The molecule has 0 aromatic heterocycles. The minimum absolute atomic E-state index is 0.142. The van der Waals surface area contributed by atoms with E-state index in [1.165, 1.54) is 11.1 Å². The van der Waals surface area contributed by atoms with Crippen molar-refractivity contribution in [2.45, 2.75) is 20.0 Å². The molecule has 0 saturated carbocycles. The second kappa shape index (κ2) is 7.76. The Kier molecular flexibility index (Phi) is 5.73. The number of rotatable bonds is 7. The van der Waals surface area contributed by atoms with Gasteiger partial charge in [0.15, 0.2) is 6.54 Å². The molecule has 2 aromatic carbocycles. The maximum Gasteiger partial charge on any atom is 0.361 e. The Morgan fingerprint density at radius 2 is 1.36 bits per heavy atom. The van der Waals surface area contributed by atoms with Gasteiger partial charge in [-0.05, 0) is 6.92 Å². The lowest BCUT2D eigenvalue weighted by atomic mass is 10.1. The SMILES string of the molecule is CCOC(=O)C[N+](C)(Cc1ccccc1)Cc1ccccc1. The second-order valence-corrected chi connectivity index (χ2v) is 5.87. The Hall–Kier alpha value is -2.13. The normalized spacial score (nSPS) is 11.2. The van der Waals surface area contributed by atoms with Crippen LogP contribution in [0.25, 0.3) is 0 Å². The lowest BCUT2D eigenvalue weighted by Gasteiger charge is -2.33. The number of benzene rings is 2. The van der Waals surface area contributed by atoms with Crippen LogP contribution >= 0.6 is 0 Å². The summed E-state index contributed by atoms with van der Waals surface area (Å²) in [5.74, 6) is -0.142. The Labute approximate surface area is 132 Å². The smallest absolute Gasteiger partial charge is 0.361 e. The second-order valence-electron chi connectivity index (χ2n) is 5.87. The van der Waals surface area contributed by atoms with E-state index in [2.05, 4.69) is 31.3 Å². The molecule has 0 unspecified atom stereocenters. The van der Waals surface area contributed by atoms with Crippen molar-refractivity contribution in [2.24, 2.45) is 0 Å². The first kappa shape index (κ1) is 16.2. The highest BCUT2D eigenvalue weighted by Crippen LogP contribution is 2.17. The summed E-state index contributed by atoms with van der Waals surface area (Å²) in [5, 5.41) is 0. The average molecular weight is 298 g/mol. The van der Waals surface area contributed by atoms with E-state index in [0.717, 1.165) is 13.1 Å². The summed E-state index contributed by atoms with van der Waals surface area (Å²) >= 11 is 0. The third-order valence-corrected chi connectivity index (χ3v) is 3.63. The van der Waals surface area contributed by atoms with Crippen molar-refractivity contribution in [3.8, 4) is 0 Å². The maximum absolute atomic E-state index is 12.0. The van der Waals surface area contributed by atoms with E-state index in [9.17, 15) is 4.79 Å². The molecule has 2 aromatic rings. The third-order valence-electron chi connectivity index (χ3n) is 3.63. The van der Waals surface area contributed by atoms with Crippen LogP contribution in [-0.2, 0) is 22.6 Å². The summed E-state index contributed by atoms with van der Waals surface area (Å²) in [6.07, 6.45) is 0. The summed E-state index contributed by atoms with van der Waals surface area (Å²) in [6, 6.07) is 20.6. The number of carbonyl (C=O) groups excluding carboxylic acids is 1. The van der Waals surface area contributed by atoms with Crippen molar-refractivity contribution < 1.29 is 14.0 Å². The van der Waals surface area contributed by atoms with E-state index in [4.69, 9.17) is 4.74 Å². The molecule has 0 aliphatic heterocycles. The monoisotopic (exact) mass is 298 g/mol. The van der Waals surface area contributed by atoms with Crippen LogP contribution in [-0.4, -0.2) is 30.7 Å². The molecule has 3 heteroatoms. The van der Waals surface area contributed by atoms with Gasteiger partial charge in [-0.3, -0.25) is 0 Å². The molecular formula is C19H24NO2+. The molecule has 0 N–H and O–H groups in total. The van der Waals surface area contributed by atoms with Gasteiger partial charge in [0.25, 0.3) is 0 Å². The summed E-state index contributed by atoms with van der Waals surface area (Å²) in [6.45, 7) is 4.24. The van der Waals surface area contributed by atoms with Crippen LogP contribution in [0.4, 0.5) is 0 Å². The molecule has 0 saturated heterocycles. The molecule has 0 aliphatic rings. The first-order chi connectivity index (χ1) is 10.6. The van der Waals surface area contributed by atoms with Crippen LogP contribution in [0.1, 0.15) is 18.1 Å². The molecule has 116 valence electrons. The largest absolute Gasteiger partial charge is 0.462 e. The summed E-state index contributed by atoms with van der Waals surface area (Å²) in [5.41, 5.74) is 2.45. The number of likely N-dealkylation sites (N-methyl/N-ethyl adjacent to an activating group) is 1. The van der Waals surface area contributed by atoms with Gasteiger partial charge in [0, 0.05) is 11.1 Å². The quantitative estimate of drug-likeness (QED) is 0.578. The van der Waals surface area contributed by atoms with Gasteiger partial charge in [-0.15, -0.1) is 0 Å². The summed E-state index contributed by atoms with van der Waals surface area (Å²) in [4.78, 5) is 12.0. The van der Waals surface area contributed by atoms with Gasteiger partial charge < -0.3 is 9.22 Å². The first-order valence-electron chi connectivity index (χ1n) is 7.68. The molecule has 0 bridgehead atoms. The van der Waals surface area contributed by atoms with Crippen molar-refractivity contribution in [1.29, 1.82) is 0 Å². The highest BCUT2D eigenvalue weighted by molar-refractivity contribution is 5.70. The fraction of sp³-hybridized carbons (Fsp3) is 0.316. The van der Waals surface area contributed by atoms with Crippen molar-refractivity contribution >= 4 is 5.97 Å². The molecule has 0 atom stereocenters. The topological polar surface area (TPSA) is 26.3 Å². The molecule has 0 aliphatic carbocycles. The zero-order valence-electron chi connectivity index (χ0n) is 13.4. The minimum Gasteiger partial charge on any atom is -0.462 e. The highest BCUT2D eigenvalue weighted by Gasteiger charge is 2.27. The number of hydrogen-bond acceptors (Lipinski definition) is 2. The van der Waals surface area contributed by atoms with Gasteiger partial charge >= 0.3 is 5.97 Å². The minimum atomic E-state index is -0.142. The van der Waals surface area contributed by atoms with Crippen LogP contribution in [0.15, 0.2) is 60.7 Å². The van der Waals surface area contributed by atoms with Gasteiger partial charge in [-0.25, -0.2) is 4.79 Å². The zero-order valence-corrected chi connectivity index (χ0v) is 13.4. The molecule has 22 heavy (non-hydrogen) atoms. The van der Waals surface area contributed by atoms with Gasteiger partial charge in [0.05, 0.1) is 13.7 Å². The zero-order chi connectivity index (χ0) is 15.8. The Morgan fingerprint density at radius 3 is 1.77 bits per heavy atom. The third kappa shape index (κ3) is 5.01. The predicted octanol–water partition coefficient (Wildman–Crippen LogP) is 3.40. The number of carbonyl (C=O) groups is 1. The predicted molar refractivity (Wildman–Crippen MR) is 88.0 cm³/mol. The van der Waals surface area contributed by atoms with Crippen LogP contribution in [0.3, 0.4) is 0 Å². The molecule has 3 nitrogen and oxygen atoms in total. The highest BCUT2D eigenvalue weighted by atomic mass is 16.5. The van der Waals surface area contributed by atoms with E-state index in [1.54, 1.807) is 0 Å². The van der Waals surface area contributed by atoms with Gasteiger partial charge in [-0.2, -0.15) is 0 Å². The van der Waals surface area contributed by atoms with Crippen LogP contribution in [0.5, 0.6) is 0 Å². The van der Waals surface area contributed by atoms with Gasteiger partial charge in [-0.1, -0.05) is 60.7 Å². The number of nitrogens with zero attached hydrogens (tertiary/aromatic N) is 1.